The third-order valence-corrected chi connectivity index (χ3v) is 6.84. The molecule has 1 N–H and O–H groups in total. The standard InChI is InChI=1S/C26H31ClN2O4/c27-20-11-13-21(14-12-20)33-18-24(30)22-8-4-17-29(22)26(32)23-9-5-16-28(23)25(31)15-10-19-6-2-1-3-7-19/h1-3,6-7,11-14,22-24,30H,4-5,8-10,15-18H2/t22-,23-,24?/m0/s1. The van der Waals surface area contributed by atoms with Crippen LogP contribution in [0.2, 0.25) is 5.02 Å². The van der Waals surface area contributed by atoms with Crippen LogP contribution in [0.15, 0.2) is 54.6 Å². The van der Waals surface area contributed by atoms with Crippen molar-refractivity contribution >= 4 is 23.4 Å². The Bertz CT molecular complexity index is 937. The summed E-state index contributed by atoms with van der Waals surface area (Å²) in [4.78, 5) is 29.9. The Balaban J connectivity index is 1.34. The zero-order valence-corrected chi connectivity index (χ0v) is 19.5. The summed E-state index contributed by atoms with van der Waals surface area (Å²) >= 11 is 5.90. The number of aliphatic hydroxyl groups is 1. The summed E-state index contributed by atoms with van der Waals surface area (Å²) in [5.41, 5.74) is 1.12. The molecule has 7 heteroatoms. The molecule has 2 fully saturated rings. The fourth-order valence-electron chi connectivity index (χ4n) is 4.84. The number of carbonyl (C=O) groups excluding carboxylic acids is 2. The minimum atomic E-state index is -0.796. The first-order valence-electron chi connectivity index (χ1n) is 11.7. The highest BCUT2D eigenvalue weighted by atomic mass is 35.5. The number of aryl methyl sites for hydroxylation is 1. The molecule has 0 aliphatic carbocycles. The van der Waals surface area contributed by atoms with Crippen molar-refractivity contribution in [1.29, 1.82) is 0 Å². The minimum absolute atomic E-state index is 0.0251. The van der Waals surface area contributed by atoms with Gasteiger partial charge in [-0.3, -0.25) is 9.59 Å². The monoisotopic (exact) mass is 470 g/mol. The van der Waals surface area contributed by atoms with Gasteiger partial charge in [-0.15, -0.1) is 0 Å². The third kappa shape index (κ3) is 5.87. The van der Waals surface area contributed by atoms with E-state index in [2.05, 4.69) is 0 Å². The second kappa shape index (κ2) is 11.0. The first-order chi connectivity index (χ1) is 16.0. The van der Waals surface area contributed by atoms with Crippen molar-refractivity contribution < 1.29 is 19.4 Å². The molecular formula is C26H31ClN2O4. The fraction of sp³-hybridized carbons (Fsp3) is 0.462. The number of benzene rings is 2. The van der Waals surface area contributed by atoms with E-state index in [0.29, 0.717) is 43.1 Å². The second-order valence-corrected chi connectivity index (χ2v) is 9.24. The number of rotatable bonds is 8. The number of halogens is 1. The molecule has 0 aromatic heterocycles. The molecule has 0 saturated carbocycles. The topological polar surface area (TPSA) is 70.1 Å². The maximum absolute atomic E-state index is 13.4. The average Bonchev–Trinajstić information content (AvgIpc) is 3.52. The zero-order valence-electron chi connectivity index (χ0n) is 18.7. The van der Waals surface area contributed by atoms with E-state index in [-0.39, 0.29) is 24.5 Å². The van der Waals surface area contributed by atoms with Crippen LogP contribution in [0, 0.1) is 0 Å². The smallest absolute Gasteiger partial charge is 0.245 e. The van der Waals surface area contributed by atoms with Crippen LogP contribution in [0.25, 0.3) is 0 Å². The van der Waals surface area contributed by atoms with Gasteiger partial charge >= 0.3 is 0 Å². The van der Waals surface area contributed by atoms with E-state index in [4.69, 9.17) is 16.3 Å². The lowest BCUT2D eigenvalue weighted by molar-refractivity contribution is -0.146. The van der Waals surface area contributed by atoms with Gasteiger partial charge in [-0.1, -0.05) is 41.9 Å². The molecule has 2 aromatic carbocycles. The van der Waals surface area contributed by atoms with Gasteiger partial charge < -0.3 is 19.6 Å². The molecule has 6 nitrogen and oxygen atoms in total. The minimum Gasteiger partial charge on any atom is -0.491 e. The van der Waals surface area contributed by atoms with Gasteiger partial charge in [-0.05, 0) is 61.9 Å². The number of amides is 2. The van der Waals surface area contributed by atoms with Gasteiger partial charge in [0.25, 0.3) is 0 Å². The largest absolute Gasteiger partial charge is 0.491 e. The molecule has 2 aliphatic heterocycles. The normalized spacial score (nSPS) is 21.3. The van der Waals surface area contributed by atoms with Crippen molar-refractivity contribution in [2.75, 3.05) is 19.7 Å². The third-order valence-electron chi connectivity index (χ3n) is 6.59. The molecule has 4 rings (SSSR count). The second-order valence-electron chi connectivity index (χ2n) is 8.80. The molecule has 0 spiro atoms. The molecule has 176 valence electrons. The van der Waals surface area contributed by atoms with Crippen LogP contribution >= 0.6 is 11.6 Å². The Labute approximate surface area is 200 Å². The Hall–Kier alpha value is -2.57. The summed E-state index contributed by atoms with van der Waals surface area (Å²) in [6, 6.07) is 16.2. The highest BCUT2D eigenvalue weighted by Gasteiger charge is 2.41. The van der Waals surface area contributed by atoms with Crippen LogP contribution in [-0.2, 0) is 16.0 Å². The Kier molecular flexibility index (Phi) is 7.89. The van der Waals surface area contributed by atoms with Gasteiger partial charge in [0.05, 0.1) is 6.04 Å². The molecule has 2 aromatic rings. The number of aliphatic hydroxyl groups excluding tert-OH is 1. The van der Waals surface area contributed by atoms with Crippen molar-refractivity contribution in [3.63, 3.8) is 0 Å². The van der Waals surface area contributed by atoms with Gasteiger partial charge in [0.15, 0.2) is 0 Å². The molecule has 0 bridgehead atoms. The first kappa shape index (κ1) is 23.6. The van der Waals surface area contributed by atoms with Crippen molar-refractivity contribution in [3.05, 3.63) is 65.2 Å². The Morgan fingerprint density at radius 2 is 1.70 bits per heavy atom. The summed E-state index contributed by atoms with van der Waals surface area (Å²) < 4.78 is 5.71. The summed E-state index contributed by atoms with van der Waals surface area (Å²) in [6.07, 6.45) is 3.34. The number of nitrogens with zero attached hydrogens (tertiary/aromatic N) is 2. The highest BCUT2D eigenvalue weighted by Crippen LogP contribution is 2.27. The van der Waals surface area contributed by atoms with Gasteiger partial charge in [0.1, 0.15) is 24.5 Å². The van der Waals surface area contributed by atoms with Gasteiger partial charge in [0, 0.05) is 24.5 Å². The molecule has 1 unspecified atom stereocenters. The maximum atomic E-state index is 13.4. The molecule has 3 atom stereocenters. The summed E-state index contributed by atoms with van der Waals surface area (Å²) in [7, 11) is 0. The van der Waals surface area contributed by atoms with E-state index in [1.807, 2.05) is 30.3 Å². The summed E-state index contributed by atoms with van der Waals surface area (Å²) in [6.45, 7) is 1.31. The summed E-state index contributed by atoms with van der Waals surface area (Å²) in [5.74, 6) is 0.603. The number of carbonyl (C=O) groups is 2. The van der Waals surface area contributed by atoms with Crippen molar-refractivity contribution in [2.24, 2.45) is 0 Å². The number of hydrogen-bond acceptors (Lipinski definition) is 4. The molecule has 2 aliphatic rings. The van der Waals surface area contributed by atoms with Gasteiger partial charge in [-0.25, -0.2) is 0 Å². The maximum Gasteiger partial charge on any atom is 0.245 e. The zero-order chi connectivity index (χ0) is 23.2. The van der Waals surface area contributed by atoms with E-state index in [0.717, 1.165) is 24.8 Å². The molecule has 2 amide bonds. The molecular weight excluding hydrogens is 440 g/mol. The Morgan fingerprint density at radius 3 is 2.45 bits per heavy atom. The molecule has 0 radical (unpaired) electrons. The Morgan fingerprint density at radius 1 is 1.00 bits per heavy atom. The lowest BCUT2D eigenvalue weighted by Crippen LogP contribution is -2.52. The first-order valence-corrected chi connectivity index (χ1v) is 12.1. The van der Waals surface area contributed by atoms with E-state index in [9.17, 15) is 14.7 Å². The molecule has 33 heavy (non-hydrogen) atoms. The van der Waals surface area contributed by atoms with Crippen LogP contribution < -0.4 is 4.74 Å². The number of hydrogen-bond donors (Lipinski definition) is 1. The lowest BCUT2D eigenvalue weighted by atomic mass is 10.1. The number of ether oxygens (including phenoxy) is 1. The van der Waals surface area contributed by atoms with Crippen LogP contribution in [-0.4, -0.2) is 64.6 Å². The fourth-order valence-corrected chi connectivity index (χ4v) is 4.97. The van der Waals surface area contributed by atoms with Crippen LogP contribution in [0.1, 0.15) is 37.7 Å². The quantitative estimate of drug-likeness (QED) is 0.638. The van der Waals surface area contributed by atoms with Gasteiger partial charge in [0.2, 0.25) is 11.8 Å². The average molecular weight is 471 g/mol. The van der Waals surface area contributed by atoms with Crippen molar-refractivity contribution in [2.45, 2.75) is 56.7 Å². The predicted molar refractivity (Wildman–Crippen MR) is 127 cm³/mol. The predicted octanol–water partition coefficient (Wildman–Crippen LogP) is 3.69. The summed E-state index contributed by atoms with van der Waals surface area (Å²) in [5, 5.41) is 11.4. The van der Waals surface area contributed by atoms with Crippen molar-refractivity contribution in [1.82, 2.24) is 9.80 Å². The SMILES string of the molecule is O=C(CCc1ccccc1)N1CCC[C@H]1C(=O)N1CCC[C@H]1C(O)COc1ccc(Cl)cc1. The van der Waals surface area contributed by atoms with E-state index in [1.54, 1.807) is 34.1 Å². The number of likely N-dealkylation sites (tertiary alicyclic amines) is 2. The van der Waals surface area contributed by atoms with E-state index in [1.165, 1.54) is 0 Å². The van der Waals surface area contributed by atoms with E-state index >= 15 is 0 Å². The van der Waals surface area contributed by atoms with Crippen LogP contribution in [0.5, 0.6) is 5.75 Å². The lowest BCUT2D eigenvalue weighted by Gasteiger charge is -2.33. The van der Waals surface area contributed by atoms with Gasteiger partial charge in [-0.2, -0.15) is 0 Å². The van der Waals surface area contributed by atoms with E-state index < -0.39 is 12.1 Å². The molecule has 2 heterocycles. The van der Waals surface area contributed by atoms with Crippen LogP contribution in [0.3, 0.4) is 0 Å². The van der Waals surface area contributed by atoms with Crippen molar-refractivity contribution in [3.8, 4) is 5.75 Å². The molecule has 2 saturated heterocycles. The van der Waals surface area contributed by atoms with Crippen LogP contribution in [0.4, 0.5) is 0 Å². The highest BCUT2D eigenvalue weighted by molar-refractivity contribution is 6.30.